The molecule has 0 aliphatic carbocycles. The summed E-state index contributed by atoms with van der Waals surface area (Å²) < 4.78 is 1.78. The number of aromatic nitrogens is 7. The van der Waals surface area contributed by atoms with Crippen molar-refractivity contribution in [1.82, 2.24) is 40.7 Å². The van der Waals surface area contributed by atoms with E-state index in [0.717, 1.165) is 47.3 Å². The minimum Gasteiger partial charge on any atom is -0.480 e. The lowest BCUT2D eigenvalue weighted by Crippen LogP contribution is -2.41. The first-order chi connectivity index (χ1) is 20.9. The van der Waals surface area contributed by atoms with Crippen molar-refractivity contribution in [3.05, 3.63) is 59.9 Å². The van der Waals surface area contributed by atoms with Gasteiger partial charge in [-0.3, -0.25) is 14.9 Å². The second kappa shape index (κ2) is 15.3. The first-order valence-corrected chi connectivity index (χ1v) is 14.6. The van der Waals surface area contributed by atoms with Gasteiger partial charge in [0.25, 0.3) is 0 Å². The molecule has 2 amide bonds. The number of H-pyrrole nitrogens is 1. The number of carboxylic acids is 1. The summed E-state index contributed by atoms with van der Waals surface area (Å²) in [4.78, 5) is 40.8. The van der Waals surface area contributed by atoms with E-state index >= 15 is 0 Å². The van der Waals surface area contributed by atoms with Crippen molar-refractivity contribution in [1.29, 1.82) is 0 Å². The Kier molecular flexibility index (Phi) is 11.1. The molecule has 2 aromatic heterocycles. The molecule has 4 aromatic rings. The summed E-state index contributed by atoms with van der Waals surface area (Å²) in [5, 5.41) is 33.6. The fourth-order valence-electron chi connectivity index (χ4n) is 4.57. The van der Waals surface area contributed by atoms with Gasteiger partial charge in [-0.15, -0.1) is 15.3 Å². The minimum atomic E-state index is -1.17. The zero-order valence-corrected chi connectivity index (χ0v) is 24.4. The molecule has 0 saturated heterocycles. The summed E-state index contributed by atoms with van der Waals surface area (Å²) in [6.07, 6.45) is 4.20. The topological polar surface area (TPSA) is 181 Å². The van der Waals surface area contributed by atoms with Crippen LogP contribution in [0.25, 0.3) is 22.5 Å². The Morgan fingerprint density at radius 1 is 0.953 bits per heavy atom. The highest BCUT2D eigenvalue weighted by Gasteiger charge is 2.21. The molecule has 1 atom stereocenters. The molecule has 0 radical (unpaired) electrons. The Bertz CT molecular complexity index is 1500. The SMILES string of the molecule is CCCCC(=O)NC(CCC(=O)Nc1nc(CCCC)n(Cc2ccc(-c3ccccc3-c3nn[nH]n3)cc2)n1)C(=O)O. The van der Waals surface area contributed by atoms with E-state index < -0.39 is 17.9 Å². The number of amides is 2. The highest BCUT2D eigenvalue weighted by molar-refractivity contribution is 5.90. The maximum absolute atomic E-state index is 12.7. The standard InChI is InChI=1S/C30H37N9O4/c1-3-5-11-25-32-30(33-27(41)18-17-24(29(42)43)31-26(40)12-6-4-2)36-39(25)19-20-13-15-21(16-14-20)22-9-7-8-10-23(22)28-34-37-38-35-28/h7-10,13-16,24H,3-6,11-12,17-19H2,1-2H3,(H,31,40)(H,42,43)(H,33,36,41)(H,34,35,37,38). The lowest BCUT2D eigenvalue weighted by Gasteiger charge is -2.14. The summed E-state index contributed by atoms with van der Waals surface area (Å²) in [6, 6.07) is 14.8. The summed E-state index contributed by atoms with van der Waals surface area (Å²) in [6.45, 7) is 4.50. The number of carboxylic acid groups (broad SMARTS) is 1. The van der Waals surface area contributed by atoms with Crippen LogP contribution in [0.5, 0.6) is 0 Å². The molecular formula is C30H37N9O4. The van der Waals surface area contributed by atoms with Crippen LogP contribution in [0.4, 0.5) is 5.95 Å². The molecule has 0 spiro atoms. The number of carbonyl (C=O) groups excluding carboxylic acids is 2. The van der Waals surface area contributed by atoms with Gasteiger partial charge in [0.2, 0.25) is 23.6 Å². The second-order valence-electron chi connectivity index (χ2n) is 10.2. The first-order valence-electron chi connectivity index (χ1n) is 14.6. The molecule has 13 heteroatoms. The van der Waals surface area contributed by atoms with Crippen molar-refractivity contribution < 1.29 is 19.5 Å². The van der Waals surface area contributed by atoms with Crippen molar-refractivity contribution in [2.45, 2.75) is 77.8 Å². The Morgan fingerprint density at radius 2 is 1.70 bits per heavy atom. The predicted molar refractivity (Wildman–Crippen MR) is 160 cm³/mol. The van der Waals surface area contributed by atoms with Gasteiger partial charge in [-0.05, 0) is 41.2 Å². The molecule has 2 aromatic carbocycles. The smallest absolute Gasteiger partial charge is 0.326 e. The third-order valence-electron chi connectivity index (χ3n) is 6.91. The van der Waals surface area contributed by atoms with Gasteiger partial charge in [0.15, 0.2) is 0 Å². The zero-order chi connectivity index (χ0) is 30.6. The van der Waals surface area contributed by atoms with Crippen LogP contribution in [0.2, 0.25) is 0 Å². The van der Waals surface area contributed by atoms with Crippen molar-refractivity contribution in [2.75, 3.05) is 5.32 Å². The number of unbranched alkanes of at least 4 members (excludes halogenated alkanes) is 2. The highest BCUT2D eigenvalue weighted by atomic mass is 16.4. The van der Waals surface area contributed by atoms with Gasteiger partial charge < -0.3 is 10.4 Å². The van der Waals surface area contributed by atoms with Crippen LogP contribution in [-0.4, -0.2) is 64.3 Å². The summed E-state index contributed by atoms with van der Waals surface area (Å²) >= 11 is 0. The van der Waals surface area contributed by atoms with Crippen LogP contribution in [0.3, 0.4) is 0 Å². The van der Waals surface area contributed by atoms with E-state index in [2.05, 4.69) is 48.3 Å². The molecule has 0 aliphatic heterocycles. The lowest BCUT2D eigenvalue weighted by atomic mass is 9.98. The number of rotatable bonds is 16. The zero-order valence-electron chi connectivity index (χ0n) is 24.4. The van der Waals surface area contributed by atoms with Crippen molar-refractivity contribution >= 4 is 23.7 Å². The van der Waals surface area contributed by atoms with Crippen LogP contribution in [0.15, 0.2) is 48.5 Å². The maximum atomic E-state index is 12.7. The molecule has 0 aliphatic rings. The average Bonchev–Trinajstić information content (AvgIpc) is 3.67. The number of aliphatic carboxylic acids is 1. The second-order valence-corrected chi connectivity index (χ2v) is 10.2. The summed E-state index contributed by atoms with van der Waals surface area (Å²) in [5.41, 5.74) is 3.86. The van der Waals surface area contributed by atoms with E-state index in [1.807, 2.05) is 55.5 Å². The van der Waals surface area contributed by atoms with E-state index in [1.54, 1.807) is 4.68 Å². The normalized spacial score (nSPS) is 11.7. The Labute approximate surface area is 249 Å². The largest absolute Gasteiger partial charge is 0.480 e. The Balaban J connectivity index is 1.42. The van der Waals surface area contributed by atoms with Gasteiger partial charge in [-0.1, -0.05) is 75.2 Å². The molecule has 4 N–H and O–H groups in total. The number of nitrogens with zero attached hydrogens (tertiary/aromatic N) is 6. The number of carbonyl (C=O) groups is 3. The summed E-state index contributed by atoms with van der Waals surface area (Å²) in [5.74, 6) is -0.493. The van der Waals surface area contributed by atoms with Gasteiger partial charge in [0, 0.05) is 24.8 Å². The van der Waals surface area contributed by atoms with Crippen LogP contribution >= 0.6 is 0 Å². The van der Waals surface area contributed by atoms with E-state index in [0.29, 0.717) is 25.2 Å². The van der Waals surface area contributed by atoms with Gasteiger partial charge in [0.05, 0.1) is 6.54 Å². The van der Waals surface area contributed by atoms with E-state index in [9.17, 15) is 19.5 Å². The molecule has 1 unspecified atom stereocenters. The quantitative estimate of drug-likeness (QED) is 0.151. The molecule has 4 rings (SSSR count). The number of aromatic amines is 1. The number of hydrogen-bond donors (Lipinski definition) is 4. The third kappa shape index (κ3) is 8.77. The van der Waals surface area contributed by atoms with E-state index in [4.69, 9.17) is 0 Å². The molecule has 0 saturated carbocycles. The average molecular weight is 588 g/mol. The molecular weight excluding hydrogens is 550 g/mol. The monoisotopic (exact) mass is 587 g/mol. The van der Waals surface area contributed by atoms with Gasteiger partial charge in [0.1, 0.15) is 11.9 Å². The van der Waals surface area contributed by atoms with Crippen LogP contribution in [0, 0.1) is 0 Å². The maximum Gasteiger partial charge on any atom is 0.326 e. The number of aryl methyl sites for hydroxylation is 1. The fourth-order valence-corrected chi connectivity index (χ4v) is 4.57. The van der Waals surface area contributed by atoms with Crippen molar-refractivity contribution in [2.24, 2.45) is 0 Å². The number of anilines is 1. The van der Waals surface area contributed by atoms with Crippen LogP contribution in [-0.2, 0) is 27.3 Å². The highest BCUT2D eigenvalue weighted by Crippen LogP contribution is 2.29. The van der Waals surface area contributed by atoms with Gasteiger partial charge >= 0.3 is 5.97 Å². The van der Waals surface area contributed by atoms with Crippen LogP contribution in [0.1, 0.15) is 70.2 Å². The number of benzene rings is 2. The summed E-state index contributed by atoms with van der Waals surface area (Å²) in [7, 11) is 0. The van der Waals surface area contributed by atoms with E-state index in [1.165, 1.54) is 0 Å². The number of hydrogen-bond acceptors (Lipinski definition) is 8. The Morgan fingerprint density at radius 3 is 2.37 bits per heavy atom. The van der Waals surface area contributed by atoms with E-state index in [-0.39, 0.29) is 31.1 Å². The van der Waals surface area contributed by atoms with Crippen molar-refractivity contribution in [3.63, 3.8) is 0 Å². The predicted octanol–water partition coefficient (Wildman–Crippen LogP) is 3.99. The van der Waals surface area contributed by atoms with Crippen molar-refractivity contribution in [3.8, 4) is 22.5 Å². The molecule has 0 fully saturated rings. The minimum absolute atomic E-state index is 0.0371. The van der Waals surface area contributed by atoms with Gasteiger partial charge in [-0.2, -0.15) is 10.2 Å². The van der Waals surface area contributed by atoms with Gasteiger partial charge in [-0.25, -0.2) is 9.48 Å². The molecule has 43 heavy (non-hydrogen) atoms. The number of tetrazole rings is 1. The number of nitrogens with one attached hydrogen (secondary N) is 3. The molecule has 226 valence electrons. The molecule has 2 heterocycles. The van der Waals surface area contributed by atoms with Crippen LogP contribution < -0.4 is 10.6 Å². The Hall–Kier alpha value is -4.94. The molecule has 13 nitrogen and oxygen atoms in total. The fraction of sp³-hybridized carbons (Fsp3) is 0.400. The lowest BCUT2D eigenvalue weighted by molar-refractivity contribution is -0.142. The first kappa shape index (κ1) is 31.0. The molecule has 0 bridgehead atoms. The third-order valence-corrected chi connectivity index (χ3v) is 6.91.